The molecule has 0 amide bonds. The highest BCUT2D eigenvalue weighted by atomic mass is 16.6. The number of fused-ring (bicyclic) bond motifs is 1. The van der Waals surface area contributed by atoms with Crippen molar-refractivity contribution in [2.24, 2.45) is 23.7 Å². The molecule has 0 N–H and O–H groups in total. The minimum atomic E-state index is -0.114. The largest absolute Gasteiger partial charge is 0.462 e. The lowest BCUT2D eigenvalue weighted by Crippen LogP contribution is -2.24. The van der Waals surface area contributed by atoms with Crippen LogP contribution < -0.4 is 0 Å². The summed E-state index contributed by atoms with van der Waals surface area (Å²) in [6, 6.07) is 2.25. The number of nitrogens with zero attached hydrogens (tertiary/aromatic N) is 1. The smallest absolute Gasteiger partial charge is 0.310 e. The first-order valence-electron chi connectivity index (χ1n) is 4.41. The van der Waals surface area contributed by atoms with E-state index in [4.69, 9.17) is 10.00 Å². The molecule has 12 heavy (non-hydrogen) atoms. The van der Waals surface area contributed by atoms with Crippen molar-refractivity contribution >= 4 is 5.97 Å². The molecule has 0 spiro atoms. The number of carbonyl (C=O) groups is 1. The van der Waals surface area contributed by atoms with E-state index in [1.807, 2.05) is 0 Å². The third kappa shape index (κ3) is 0.523. The van der Waals surface area contributed by atoms with Crippen molar-refractivity contribution in [2.75, 3.05) is 0 Å². The summed E-state index contributed by atoms with van der Waals surface area (Å²) in [4.78, 5) is 11.3. The molecule has 0 aromatic carbocycles. The number of esters is 1. The van der Waals surface area contributed by atoms with Crippen molar-refractivity contribution in [2.45, 2.75) is 18.9 Å². The second kappa shape index (κ2) is 1.82. The highest BCUT2D eigenvalue weighted by molar-refractivity contribution is 5.77. The van der Waals surface area contributed by atoms with Crippen LogP contribution in [0.5, 0.6) is 0 Å². The van der Waals surface area contributed by atoms with E-state index in [2.05, 4.69) is 6.07 Å². The zero-order valence-electron chi connectivity index (χ0n) is 6.56. The van der Waals surface area contributed by atoms with E-state index < -0.39 is 0 Å². The van der Waals surface area contributed by atoms with Gasteiger partial charge in [0, 0.05) is 5.92 Å². The molecule has 0 unspecified atom stereocenters. The van der Waals surface area contributed by atoms with Gasteiger partial charge in [0.15, 0.2) is 0 Å². The van der Waals surface area contributed by atoms with Gasteiger partial charge in [0.05, 0.1) is 17.9 Å². The molecule has 3 nitrogen and oxygen atoms in total. The third-order valence-electron chi connectivity index (χ3n) is 3.63. The fourth-order valence-electron chi connectivity index (χ4n) is 3.17. The van der Waals surface area contributed by atoms with E-state index in [0.717, 1.165) is 12.8 Å². The van der Waals surface area contributed by atoms with Crippen LogP contribution in [0.4, 0.5) is 0 Å². The Balaban J connectivity index is 2.05. The predicted molar refractivity (Wildman–Crippen MR) is 38.7 cm³/mol. The number of ether oxygens (including phenoxy) is 1. The van der Waals surface area contributed by atoms with E-state index in [1.54, 1.807) is 0 Å². The van der Waals surface area contributed by atoms with Gasteiger partial charge in [0.1, 0.15) is 6.10 Å². The molecular formula is C9H9NO2. The maximum Gasteiger partial charge on any atom is 0.310 e. The van der Waals surface area contributed by atoms with Crippen molar-refractivity contribution in [3.8, 4) is 6.07 Å². The SMILES string of the molecule is N#C[C@@H]1[C@@H]2C[C@@H]3[C@@H]1C(=O)O[C@H]3C2. The van der Waals surface area contributed by atoms with Crippen LogP contribution in [0, 0.1) is 35.0 Å². The fourth-order valence-corrected chi connectivity index (χ4v) is 3.17. The van der Waals surface area contributed by atoms with Gasteiger partial charge in [-0.1, -0.05) is 0 Å². The average Bonchev–Trinajstić information content (AvgIpc) is 2.61. The molecule has 0 radical (unpaired) electrons. The van der Waals surface area contributed by atoms with E-state index in [0.29, 0.717) is 11.8 Å². The Bertz CT molecular complexity index is 291. The molecule has 1 heterocycles. The van der Waals surface area contributed by atoms with Crippen LogP contribution in [0.1, 0.15) is 12.8 Å². The lowest BCUT2D eigenvalue weighted by Gasteiger charge is -2.17. The normalized spacial score (nSPS) is 53.9. The second-order valence-corrected chi connectivity index (χ2v) is 4.05. The summed E-state index contributed by atoms with van der Waals surface area (Å²) in [6.07, 6.45) is 2.14. The Morgan fingerprint density at radius 1 is 1.50 bits per heavy atom. The fraction of sp³-hybridized carbons (Fsp3) is 0.778. The first kappa shape index (κ1) is 6.47. The molecule has 1 aliphatic heterocycles. The molecule has 1 saturated heterocycles. The molecule has 3 rings (SSSR count). The van der Waals surface area contributed by atoms with Crippen molar-refractivity contribution in [1.29, 1.82) is 5.26 Å². The molecule has 2 saturated carbocycles. The molecular weight excluding hydrogens is 154 g/mol. The summed E-state index contributed by atoms with van der Waals surface area (Å²) in [5, 5.41) is 8.87. The van der Waals surface area contributed by atoms with Gasteiger partial charge in [-0.3, -0.25) is 4.79 Å². The Labute approximate surface area is 70.3 Å². The van der Waals surface area contributed by atoms with Gasteiger partial charge in [-0.15, -0.1) is 0 Å². The number of carbonyl (C=O) groups excluding carboxylic acids is 1. The summed E-state index contributed by atoms with van der Waals surface area (Å²) < 4.78 is 5.18. The van der Waals surface area contributed by atoms with Crippen LogP contribution in [-0.4, -0.2) is 12.1 Å². The van der Waals surface area contributed by atoms with Crippen LogP contribution in [0.15, 0.2) is 0 Å². The van der Waals surface area contributed by atoms with Crippen molar-refractivity contribution in [1.82, 2.24) is 0 Å². The maximum absolute atomic E-state index is 11.3. The first-order valence-corrected chi connectivity index (χ1v) is 4.41. The molecule has 0 aromatic rings. The Morgan fingerprint density at radius 2 is 2.33 bits per heavy atom. The van der Waals surface area contributed by atoms with Gasteiger partial charge in [0.2, 0.25) is 0 Å². The van der Waals surface area contributed by atoms with Crippen LogP contribution in [0.3, 0.4) is 0 Å². The van der Waals surface area contributed by atoms with Crippen LogP contribution in [0.2, 0.25) is 0 Å². The average molecular weight is 163 g/mol. The Morgan fingerprint density at radius 3 is 3.08 bits per heavy atom. The van der Waals surface area contributed by atoms with Crippen molar-refractivity contribution < 1.29 is 9.53 Å². The number of rotatable bonds is 0. The molecule has 3 heteroatoms. The molecule has 2 bridgehead atoms. The molecule has 0 aromatic heterocycles. The summed E-state index contributed by atoms with van der Waals surface area (Å²) in [7, 11) is 0. The van der Waals surface area contributed by atoms with Crippen LogP contribution >= 0.6 is 0 Å². The lowest BCUT2D eigenvalue weighted by molar-refractivity contribution is -0.143. The topological polar surface area (TPSA) is 50.1 Å². The van der Waals surface area contributed by atoms with Crippen LogP contribution in [-0.2, 0) is 9.53 Å². The van der Waals surface area contributed by atoms with Gasteiger partial charge in [-0.05, 0) is 18.8 Å². The molecule has 3 fully saturated rings. The lowest BCUT2D eigenvalue weighted by atomic mass is 9.81. The standard InChI is InChI=1S/C9H9NO2/c10-3-6-4-1-5-7(2-4)12-9(11)8(5)6/h4-8H,1-2H2/t4-,5+,6-,7+,8+/m1/s1. The van der Waals surface area contributed by atoms with Gasteiger partial charge in [-0.2, -0.15) is 5.26 Å². The summed E-state index contributed by atoms with van der Waals surface area (Å²) >= 11 is 0. The van der Waals surface area contributed by atoms with Crippen molar-refractivity contribution in [3.05, 3.63) is 0 Å². The first-order chi connectivity index (χ1) is 5.81. The maximum atomic E-state index is 11.3. The summed E-state index contributed by atoms with van der Waals surface area (Å²) in [5.74, 6) is 0.602. The summed E-state index contributed by atoms with van der Waals surface area (Å²) in [5.41, 5.74) is 0. The van der Waals surface area contributed by atoms with Gasteiger partial charge in [-0.25, -0.2) is 0 Å². The second-order valence-electron chi connectivity index (χ2n) is 4.05. The minimum Gasteiger partial charge on any atom is -0.462 e. The molecule has 2 aliphatic carbocycles. The number of nitriles is 1. The quantitative estimate of drug-likeness (QED) is 0.494. The van der Waals surface area contributed by atoms with Crippen LogP contribution in [0.25, 0.3) is 0 Å². The minimum absolute atomic E-state index is 0.0405. The highest BCUT2D eigenvalue weighted by Crippen LogP contribution is 2.57. The summed E-state index contributed by atoms with van der Waals surface area (Å²) in [6.45, 7) is 0. The van der Waals surface area contributed by atoms with E-state index in [9.17, 15) is 4.79 Å². The van der Waals surface area contributed by atoms with Gasteiger partial charge < -0.3 is 4.74 Å². The zero-order chi connectivity index (χ0) is 8.29. The molecule has 3 aliphatic rings. The zero-order valence-corrected chi connectivity index (χ0v) is 6.56. The number of hydrogen-bond donors (Lipinski definition) is 0. The number of hydrogen-bond acceptors (Lipinski definition) is 3. The Hall–Kier alpha value is -1.04. The predicted octanol–water partition coefficient (Wildman–Crippen LogP) is 0.708. The van der Waals surface area contributed by atoms with Gasteiger partial charge >= 0.3 is 5.97 Å². The van der Waals surface area contributed by atoms with E-state index in [1.165, 1.54) is 0 Å². The molecule has 62 valence electrons. The van der Waals surface area contributed by atoms with E-state index >= 15 is 0 Å². The molecule has 5 atom stereocenters. The third-order valence-corrected chi connectivity index (χ3v) is 3.63. The van der Waals surface area contributed by atoms with Crippen molar-refractivity contribution in [3.63, 3.8) is 0 Å². The van der Waals surface area contributed by atoms with Gasteiger partial charge in [0.25, 0.3) is 0 Å². The monoisotopic (exact) mass is 163 g/mol. The van der Waals surface area contributed by atoms with E-state index in [-0.39, 0.29) is 23.9 Å². The Kier molecular flexibility index (Phi) is 0.982. The highest BCUT2D eigenvalue weighted by Gasteiger charge is 2.62.